The lowest BCUT2D eigenvalue weighted by molar-refractivity contribution is -0.116. The fourth-order valence-electron chi connectivity index (χ4n) is 2.81. The summed E-state index contributed by atoms with van der Waals surface area (Å²) in [5.74, 6) is 0.504. The summed E-state index contributed by atoms with van der Waals surface area (Å²) in [5, 5.41) is 5.24. The first-order valence-corrected chi connectivity index (χ1v) is 9.11. The minimum Gasteiger partial charge on any atom is -0.490 e. The van der Waals surface area contributed by atoms with Crippen molar-refractivity contribution in [3.63, 3.8) is 0 Å². The number of benzene rings is 2. The zero-order valence-corrected chi connectivity index (χ0v) is 15.6. The average molecular weight is 382 g/mol. The molecule has 0 aromatic heterocycles. The highest BCUT2D eigenvalue weighted by atomic mass is 16.5. The molecule has 28 heavy (non-hydrogen) atoms. The first kappa shape index (κ1) is 19.4. The number of rotatable bonds is 6. The van der Waals surface area contributed by atoms with Crippen LogP contribution in [0.2, 0.25) is 0 Å². The summed E-state index contributed by atoms with van der Waals surface area (Å²) < 4.78 is 11.1. The molecule has 0 bridgehead atoms. The van der Waals surface area contributed by atoms with Crippen molar-refractivity contribution < 1.29 is 23.9 Å². The summed E-state index contributed by atoms with van der Waals surface area (Å²) in [6.45, 7) is 1.13. The van der Waals surface area contributed by atoms with E-state index in [-0.39, 0.29) is 30.4 Å². The van der Waals surface area contributed by atoms with Crippen molar-refractivity contribution >= 4 is 23.3 Å². The summed E-state index contributed by atoms with van der Waals surface area (Å²) in [5.41, 5.74) is 1.44. The highest BCUT2D eigenvalue weighted by Crippen LogP contribution is 2.30. The Morgan fingerprint density at radius 1 is 0.929 bits per heavy atom. The van der Waals surface area contributed by atoms with Crippen LogP contribution in [0.15, 0.2) is 42.5 Å². The number of carbonyl (C=O) groups excluding carboxylic acids is 3. The van der Waals surface area contributed by atoms with E-state index in [4.69, 9.17) is 9.47 Å². The van der Waals surface area contributed by atoms with Crippen molar-refractivity contribution in [1.29, 1.82) is 0 Å². The van der Waals surface area contributed by atoms with Crippen LogP contribution in [-0.2, 0) is 4.79 Å². The molecule has 1 heterocycles. The summed E-state index contributed by atoms with van der Waals surface area (Å²) in [6, 6.07) is 11.7. The number of carbonyl (C=O) groups is 3. The van der Waals surface area contributed by atoms with Gasteiger partial charge in [-0.25, -0.2) is 0 Å². The molecule has 0 saturated carbocycles. The van der Waals surface area contributed by atoms with Gasteiger partial charge in [0.2, 0.25) is 5.91 Å². The third-order valence-corrected chi connectivity index (χ3v) is 4.28. The van der Waals surface area contributed by atoms with E-state index < -0.39 is 0 Å². The predicted octanol–water partition coefficient (Wildman–Crippen LogP) is 2.81. The molecule has 2 aromatic carbocycles. The Hall–Kier alpha value is -3.35. The molecule has 0 spiro atoms. The third-order valence-electron chi connectivity index (χ3n) is 4.28. The molecule has 3 rings (SSSR count). The molecule has 2 N–H and O–H groups in total. The van der Waals surface area contributed by atoms with Gasteiger partial charge in [0.25, 0.3) is 5.91 Å². The van der Waals surface area contributed by atoms with Gasteiger partial charge in [-0.3, -0.25) is 14.4 Å². The third kappa shape index (κ3) is 4.88. The monoisotopic (exact) mass is 382 g/mol. The number of amides is 2. The lowest BCUT2D eigenvalue weighted by Crippen LogP contribution is -2.18. The van der Waals surface area contributed by atoms with Crippen LogP contribution < -0.4 is 20.1 Å². The number of hydrogen-bond donors (Lipinski definition) is 2. The smallest absolute Gasteiger partial charge is 0.251 e. The molecule has 2 amide bonds. The topological polar surface area (TPSA) is 93.7 Å². The molecule has 0 radical (unpaired) electrons. The molecular weight excluding hydrogens is 360 g/mol. The summed E-state index contributed by atoms with van der Waals surface area (Å²) in [6.07, 6.45) is 0.900. The van der Waals surface area contributed by atoms with Crippen LogP contribution in [-0.4, -0.2) is 37.9 Å². The zero-order valence-electron chi connectivity index (χ0n) is 15.6. The van der Waals surface area contributed by atoms with Gasteiger partial charge in [-0.1, -0.05) is 6.07 Å². The summed E-state index contributed by atoms with van der Waals surface area (Å²) in [7, 11) is 1.54. The van der Waals surface area contributed by atoms with Gasteiger partial charge in [0, 0.05) is 43.1 Å². The van der Waals surface area contributed by atoms with Gasteiger partial charge in [0.1, 0.15) is 0 Å². The molecule has 1 aliphatic heterocycles. The number of hydrogen-bond acceptors (Lipinski definition) is 5. The molecule has 146 valence electrons. The molecule has 0 aliphatic carbocycles. The average Bonchev–Trinajstić information content (AvgIpc) is 2.96. The Kier molecular flexibility index (Phi) is 6.26. The van der Waals surface area contributed by atoms with Gasteiger partial charge in [-0.15, -0.1) is 0 Å². The molecule has 7 nitrogen and oxygen atoms in total. The fraction of sp³-hybridized carbons (Fsp3) is 0.286. The van der Waals surface area contributed by atoms with Crippen LogP contribution in [0, 0.1) is 0 Å². The van der Waals surface area contributed by atoms with E-state index in [1.54, 1.807) is 49.5 Å². The number of ether oxygens (including phenoxy) is 2. The number of fused-ring (bicyclic) bond motifs is 1. The largest absolute Gasteiger partial charge is 0.490 e. The van der Waals surface area contributed by atoms with Crippen molar-refractivity contribution in [1.82, 2.24) is 5.32 Å². The first-order chi connectivity index (χ1) is 13.6. The van der Waals surface area contributed by atoms with Crippen molar-refractivity contribution in [2.75, 3.05) is 25.6 Å². The maximum atomic E-state index is 12.4. The molecule has 7 heteroatoms. The van der Waals surface area contributed by atoms with Crippen LogP contribution >= 0.6 is 0 Å². The van der Waals surface area contributed by atoms with Crippen molar-refractivity contribution in [3.05, 3.63) is 53.6 Å². The molecule has 2 aromatic rings. The van der Waals surface area contributed by atoms with Gasteiger partial charge >= 0.3 is 0 Å². The van der Waals surface area contributed by atoms with E-state index in [0.29, 0.717) is 41.5 Å². The molecule has 1 aliphatic rings. The van der Waals surface area contributed by atoms with Crippen LogP contribution in [0.3, 0.4) is 0 Å². The number of Topliss-reactive ketones (excluding diaryl/α,β-unsaturated/α-hetero) is 1. The molecule has 0 unspecified atom stereocenters. The normalized spacial score (nSPS) is 12.6. The maximum Gasteiger partial charge on any atom is 0.251 e. The van der Waals surface area contributed by atoms with E-state index in [1.807, 2.05) is 0 Å². The van der Waals surface area contributed by atoms with E-state index in [2.05, 4.69) is 10.6 Å². The van der Waals surface area contributed by atoms with Gasteiger partial charge in [0.05, 0.1) is 13.2 Å². The van der Waals surface area contributed by atoms with Crippen LogP contribution in [0.5, 0.6) is 11.5 Å². The predicted molar refractivity (Wildman–Crippen MR) is 104 cm³/mol. The Bertz CT molecular complexity index is 894. The van der Waals surface area contributed by atoms with E-state index in [1.165, 1.54) is 0 Å². The van der Waals surface area contributed by atoms with Gasteiger partial charge in [-0.05, 0) is 36.4 Å². The second kappa shape index (κ2) is 9.03. The molecular formula is C21H22N2O5. The summed E-state index contributed by atoms with van der Waals surface area (Å²) >= 11 is 0. The van der Waals surface area contributed by atoms with Gasteiger partial charge < -0.3 is 20.1 Å². The number of anilines is 1. The van der Waals surface area contributed by atoms with Crippen molar-refractivity contribution in [2.45, 2.75) is 19.3 Å². The highest BCUT2D eigenvalue weighted by Gasteiger charge is 2.15. The Morgan fingerprint density at radius 3 is 2.50 bits per heavy atom. The Balaban J connectivity index is 1.57. The van der Waals surface area contributed by atoms with Gasteiger partial charge in [0.15, 0.2) is 17.3 Å². The quantitative estimate of drug-likeness (QED) is 0.750. The van der Waals surface area contributed by atoms with Crippen LogP contribution in [0.4, 0.5) is 5.69 Å². The molecule has 0 saturated heterocycles. The lowest BCUT2D eigenvalue weighted by Gasteiger charge is -2.09. The highest BCUT2D eigenvalue weighted by molar-refractivity contribution is 6.01. The van der Waals surface area contributed by atoms with Crippen molar-refractivity contribution in [2.24, 2.45) is 0 Å². The number of nitrogens with one attached hydrogen (secondary N) is 2. The number of ketones is 1. The van der Waals surface area contributed by atoms with Crippen LogP contribution in [0.1, 0.15) is 40.0 Å². The molecule has 0 atom stereocenters. The van der Waals surface area contributed by atoms with Crippen molar-refractivity contribution in [3.8, 4) is 11.5 Å². The second-order valence-corrected chi connectivity index (χ2v) is 6.34. The van der Waals surface area contributed by atoms with E-state index in [0.717, 1.165) is 6.42 Å². The minimum absolute atomic E-state index is 0.0392. The summed E-state index contributed by atoms with van der Waals surface area (Å²) in [4.78, 5) is 36.3. The SMILES string of the molecule is CNC(=O)c1cccc(NC(=O)CCC(=O)c2ccc3c(c2)OCCCO3)c1. The minimum atomic E-state index is -0.295. The maximum absolute atomic E-state index is 12.4. The van der Waals surface area contributed by atoms with E-state index in [9.17, 15) is 14.4 Å². The van der Waals surface area contributed by atoms with E-state index >= 15 is 0 Å². The first-order valence-electron chi connectivity index (χ1n) is 9.11. The fourth-order valence-corrected chi connectivity index (χ4v) is 2.81. The molecule has 0 fully saturated rings. The Labute approximate surface area is 163 Å². The van der Waals surface area contributed by atoms with Gasteiger partial charge in [-0.2, -0.15) is 0 Å². The lowest BCUT2D eigenvalue weighted by atomic mass is 10.1. The Morgan fingerprint density at radius 2 is 1.71 bits per heavy atom. The second-order valence-electron chi connectivity index (χ2n) is 6.34. The standard InChI is InChI=1S/C21H22N2O5/c1-22-21(26)15-4-2-5-16(12-15)23-20(25)9-7-17(24)14-6-8-18-19(13-14)28-11-3-10-27-18/h2,4-6,8,12-13H,3,7,9-11H2,1H3,(H,22,26)(H,23,25). The van der Waals surface area contributed by atoms with Crippen LogP contribution in [0.25, 0.3) is 0 Å². The zero-order chi connectivity index (χ0) is 19.9.